The summed E-state index contributed by atoms with van der Waals surface area (Å²) in [6, 6.07) is 9.38. The standard InChI is InChI=1S/C18H30N2O6S/c21-18(16-26-12-4-8-19-10-13-25-14-11-19)15-20(27(22,23)24)9-7-17-5-2-1-3-6-17/h1-3,5-6,18,21H,4,7-16H2,(H,22,23,24). The van der Waals surface area contributed by atoms with E-state index in [9.17, 15) is 18.1 Å². The number of benzene rings is 1. The summed E-state index contributed by atoms with van der Waals surface area (Å²) in [6.07, 6.45) is 0.294. The van der Waals surface area contributed by atoms with Gasteiger partial charge in [0.25, 0.3) is 0 Å². The van der Waals surface area contributed by atoms with Gasteiger partial charge in [-0.1, -0.05) is 30.3 Å². The smallest absolute Gasteiger partial charge is 0.336 e. The van der Waals surface area contributed by atoms with Gasteiger partial charge in [0.2, 0.25) is 0 Å². The van der Waals surface area contributed by atoms with E-state index >= 15 is 0 Å². The Morgan fingerprint density at radius 2 is 1.93 bits per heavy atom. The number of morpholine rings is 1. The summed E-state index contributed by atoms with van der Waals surface area (Å²) in [6.45, 7) is 4.69. The fourth-order valence-electron chi connectivity index (χ4n) is 2.92. The minimum Gasteiger partial charge on any atom is -0.389 e. The molecule has 2 N–H and O–H groups in total. The van der Waals surface area contributed by atoms with Crippen LogP contribution in [-0.2, 0) is 26.2 Å². The summed E-state index contributed by atoms with van der Waals surface area (Å²) in [5.41, 5.74) is 0.958. The van der Waals surface area contributed by atoms with Crippen molar-refractivity contribution < 1.29 is 27.6 Å². The van der Waals surface area contributed by atoms with Crippen molar-refractivity contribution in [3.8, 4) is 0 Å². The summed E-state index contributed by atoms with van der Waals surface area (Å²) >= 11 is 0. The summed E-state index contributed by atoms with van der Waals surface area (Å²) < 4.78 is 44.1. The maximum absolute atomic E-state index is 11.6. The molecule has 1 unspecified atom stereocenters. The van der Waals surface area contributed by atoms with Crippen LogP contribution < -0.4 is 0 Å². The van der Waals surface area contributed by atoms with E-state index in [0.29, 0.717) is 13.0 Å². The number of aliphatic hydroxyl groups is 1. The molecule has 1 aromatic rings. The summed E-state index contributed by atoms with van der Waals surface area (Å²) in [5, 5.41) is 10.1. The molecule has 0 aliphatic carbocycles. The Balaban J connectivity index is 1.66. The lowest BCUT2D eigenvalue weighted by Crippen LogP contribution is -2.40. The zero-order valence-electron chi connectivity index (χ0n) is 15.6. The van der Waals surface area contributed by atoms with Crippen LogP contribution in [0.2, 0.25) is 0 Å². The van der Waals surface area contributed by atoms with Crippen molar-refractivity contribution in [2.75, 3.05) is 59.2 Å². The second-order valence-electron chi connectivity index (χ2n) is 6.61. The summed E-state index contributed by atoms with van der Waals surface area (Å²) in [4.78, 5) is 2.30. The SMILES string of the molecule is O=S(=O)(O)N(CCc1ccccc1)CC(O)COCCCN1CCOCC1. The van der Waals surface area contributed by atoms with Crippen molar-refractivity contribution in [3.63, 3.8) is 0 Å². The molecule has 1 heterocycles. The Labute approximate surface area is 161 Å². The fourth-order valence-corrected chi connectivity index (χ4v) is 3.60. The fraction of sp³-hybridized carbons (Fsp3) is 0.667. The third-order valence-electron chi connectivity index (χ3n) is 4.41. The highest BCUT2D eigenvalue weighted by Crippen LogP contribution is 2.06. The first-order valence-corrected chi connectivity index (χ1v) is 10.7. The van der Waals surface area contributed by atoms with Gasteiger partial charge in [0, 0.05) is 39.3 Å². The average Bonchev–Trinajstić information content (AvgIpc) is 2.65. The zero-order valence-corrected chi connectivity index (χ0v) is 16.4. The largest absolute Gasteiger partial charge is 0.389 e. The number of nitrogens with zero attached hydrogens (tertiary/aromatic N) is 2. The highest BCUT2D eigenvalue weighted by Gasteiger charge is 2.22. The zero-order chi connectivity index (χ0) is 19.5. The van der Waals surface area contributed by atoms with Gasteiger partial charge in [0.05, 0.1) is 25.9 Å². The van der Waals surface area contributed by atoms with Crippen LogP contribution in [0.3, 0.4) is 0 Å². The molecule has 1 aromatic carbocycles. The highest BCUT2D eigenvalue weighted by molar-refractivity contribution is 7.83. The van der Waals surface area contributed by atoms with Crippen LogP contribution in [0.5, 0.6) is 0 Å². The van der Waals surface area contributed by atoms with E-state index < -0.39 is 16.4 Å². The van der Waals surface area contributed by atoms with Gasteiger partial charge in [-0.25, -0.2) is 0 Å². The van der Waals surface area contributed by atoms with Crippen LogP contribution in [0.1, 0.15) is 12.0 Å². The quantitative estimate of drug-likeness (QED) is 0.386. The van der Waals surface area contributed by atoms with E-state index in [1.54, 1.807) is 0 Å². The molecule has 0 amide bonds. The Morgan fingerprint density at radius 3 is 2.59 bits per heavy atom. The average molecular weight is 403 g/mol. The molecule has 9 heteroatoms. The van der Waals surface area contributed by atoms with Crippen LogP contribution in [-0.4, -0.2) is 92.5 Å². The first kappa shape index (κ1) is 22.2. The molecule has 0 spiro atoms. The van der Waals surface area contributed by atoms with Crippen LogP contribution in [0.25, 0.3) is 0 Å². The molecule has 0 radical (unpaired) electrons. The number of ether oxygens (including phenoxy) is 2. The molecule has 1 aliphatic heterocycles. The molecule has 1 fully saturated rings. The normalized spacial score (nSPS) is 17.3. The monoisotopic (exact) mass is 402 g/mol. The Kier molecular flexibility index (Phi) is 9.63. The van der Waals surface area contributed by atoms with Crippen LogP contribution in [0, 0.1) is 0 Å². The maximum Gasteiger partial charge on any atom is 0.336 e. The van der Waals surface area contributed by atoms with E-state index in [2.05, 4.69) is 4.90 Å². The van der Waals surface area contributed by atoms with Crippen molar-refractivity contribution in [1.82, 2.24) is 9.21 Å². The first-order chi connectivity index (χ1) is 12.9. The van der Waals surface area contributed by atoms with E-state index in [4.69, 9.17) is 9.47 Å². The predicted octanol–water partition coefficient (Wildman–Crippen LogP) is 0.434. The van der Waals surface area contributed by atoms with Crippen molar-refractivity contribution in [3.05, 3.63) is 35.9 Å². The lowest BCUT2D eigenvalue weighted by Gasteiger charge is -2.26. The number of rotatable bonds is 12. The molecule has 2 rings (SSSR count). The minimum absolute atomic E-state index is 0.0282. The third-order valence-corrected chi connectivity index (χ3v) is 5.39. The molecule has 1 atom stereocenters. The summed E-state index contributed by atoms with van der Waals surface area (Å²) in [5.74, 6) is 0. The van der Waals surface area contributed by atoms with Crippen molar-refractivity contribution in [2.24, 2.45) is 0 Å². The topological polar surface area (TPSA) is 99.5 Å². The van der Waals surface area contributed by atoms with Crippen molar-refractivity contribution >= 4 is 10.3 Å². The van der Waals surface area contributed by atoms with E-state index in [1.165, 1.54) is 0 Å². The lowest BCUT2D eigenvalue weighted by atomic mass is 10.1. The van der Waals surface area contributed by atoms with Crippen LogP contribution in [0.15, 0.2) is 30.3 Å². The second-order valence-corrected chi connectivity index (χ2v) is 8.02. The van der Waals surface area contributed by atoms with Crippen LogP contribution >= 0.6 is 0 Å². The number of hydrogen-bond donors (Lipinski definition) is 2. The molecule has 0 bridgehead atoms. The predicted molar refractivity (Wildman–Crippen MR) is 102 cm³/mol. The van der Waals surface area contributed by atoms with Crippen molar-refractivity contribution in [1.29, 1.82) is 0 Å². The molecular formula is C18H30N2O6S. The Morgan fingerprint density at radius 1 is 1.22 bits per heavy atom. The number of aliphatic hydroxyl groups excluding tert-OH is 1. The van der Waals surface area contributed by atoms with Gasteiger partial charge in [-0.3, -0.25) is 9.45 Å². The van der Waals surface area contributed by atoms with E-state index in [1.807, 2.05) is 30.3 Å². The molecule has 1 saturated heterocycles. The van der Waals surface area contributed by atoms with Gasteiger partial charge in [0.1, 0.15) is 0 Å². The first-order valence-electron chi connectivity index (χ1n) is 9.27. The molecule has 154 valence electrons. The third kappa shape index (κ3) is 9.11. The van der Waals surface area contributed by atoms with Crippen LogP contribution in [0.4, 0.5) is 0 Å². The minimum atomic E-state index is -4.38. The molecular weight excluding hydrogens is 372 g/mol. The van der Waals surface area contributed by atoms with Gasteiger partial charge in [-0.15, -0.1) is 0 Å². The number of hydrogen-bond acceptors (Lipinski definition) is 6. The molecule has 27 heavy (non-hydrogen) atoms. The maximum atomic E-state index is 11.6. The van der Waals surface area contributed by atoms with E-state index in [-0.39, 0.29) is 19.7 Å². The van der Waals surface area contributed by atoms with Gasteiger partial charge in [0.15, 0.2) is 0 Å². The summed E-state index contributed by atoms with van der Waals surface area (Å²) in [7, 11) is -4.38. The Bertz CT molecular complexity index is 622. The second kappa shape index (κ2) is 11.7. The lowest BCUT2D eigenvalue weighted by molar-refractivity contribution is 0.0133. The molecule has 0 saturated carbocycles. The molecule has 1 aliphatic rings. The van der Waals surface area contributed by atoms with Crippen molar-refractivity contribution in [2.45, 2.75) is 18.9 Å². The van der Waals surface area contributed by atoms with Gasteiger partial charge in [-0.2, -0.15) is 12.7 Å². The molecule has 8 nitrogen and oxygen atoms in total. The van der Waals surface area contributed by atoms with Gasteiger partial charge < -0.3 is 14.6 Å². The van der Waals surface area contributed by atoms with Gasteiger partial charge in [-0.05, 0) is 18.4 Å². The molecule has 0 aromatic heterocycles. The highest BCUT2D eigenvalue weighted by atomic mass is 32.2. The van der Waals surface area contributed by atoms with E-state index in [0.717, 1.165) is 49.1 Å². The van der Waals surface area contributed by atoms with Gasteiger partial charge >= 0.3 is 10.3 Å². The Hall–Kier alpha value is -1.07.